The summed E-state index contributed by atoms with van der Waals surface area (Å²) in [5.41, 5.74) is 1.53. The molecule has 0 saturated heterocycles. The van der Waals surface area contributed by atoms with Crippen molar-refractivity contribution in [1.29, 1.82) is 0 Å². The Balaban J connectivity index is 2.30. The van der Waals surface area contributed by atoms with E-state index in [0.717, 1.165) is 12.1 Å². The summed E-state index contributed by atoms with van der Waals surface area (Å²) in [6.45, 7) is 5.08. The average Bonchev–Trinajstić information content (AvgIpc) is 2.43. The summed E-state index contributed by atoms with van der Waals surface area (Å²) in [7, 11) is 0. The lowest BCUT2D eigenvalue weighted by molar-refractivity contribution is 0.462. The van der Waals surface area contributed by atoms with E-state index in [1.165, 1.54) is 24.3 Å². The van der Waals surface area contributed by atoms with Crippen LogP contribution in [0.3, 0.4) is 0 Å². The first-order valence-electron chi connectivity index (χ1n) is 6.53. The van der Waals surface area contributed by atoms with Crippen LogP contribution in [0.5, 0.6) is 11.5 Å². The summed E-state index contributed by atoms with van der Waals surface area (Å²) >= 11 is 0. The van der Waals surface area contributed by atoms with Gasteiger partial charge in [-0.1, -0.05) is 13.0 Å². The van der Waals surface area contributed by atoms with Crippen molar-refractivity contribution in [2.75, 3.05) is 6.54 Å². The van der Waals surface area contributed by atoms with Crippen LogP contribution in [0.25, 0.3) is 0 Å². The Morgan fingerprint density at radius 2 is 1.70 bits per heavy atom. The fraction of sp³-hybridized carbons (Fsp3) is 0.250. The Hall–Kier alpha value is -1.94. The third-order valence-corrected chi connectivity index (χ3v) is 2.96. The maximum absolute atomic E-state index is 13.3. The molecule has 4 heteroatoms. The zero-order chi connectivity index (χ0) is 14.5. The van der Waals surface area contributed by atoms with E-state index in [1.54, 1.807) is 12.1 Å². The molecule has 0 heterocycles. The number of benzene rings is 2. The molecule has 0 aromatic heterocycles. The number of hydrogen-bond acceptors (Lipinski definition) is 2. The molecule has 0 saturated carbocycles. The van der Waals surface area contributed by atoms with Gasteiger partial charge in [0, 0.05) is 18.2 Å². The van der Waals surface area contributed by atoms with Crippen molar-refractivity contribution < 1.29 is 13.5 Å². The molecule has 0 aliphatic heterocycles. The molecule has 0 aliphatic carbocycles. The van der Waals surface area contributed by atoms with Gasteiger partial charge in [-0.2, -0.15) is 0 Å². The molecule has 0 radical (unpaired) electrons. The van der Waals surface area contributed by atoms with E-state index in [2.05, 4.69) is 5.32 Å². The molecule has 0 fully saturated rings. The van der Waals surface area contributed by atoms with E-state index in [1.807, 2.05) is 13.8 Å². The van der Waals surface area contributed by atoms with Gasteiger partial charge in [0.05, 0.1) is 0 Å². The first-order valence-corrected chi connectivity index (χ1v) is 6.53. The van der Waals surface area contributed by atoms with Crippen LogP contribution >= 0.6 is 0 Å². The Morgan fingerprint density at radius 1 is 1.00 bits per heavy atom. The van der Waals surface area contributed by atoms with Crippen LogP contribution in [0.1, 0.15) is 18.1 Å². The molecule has 2 aromatic carbocycles. The van der Waals surface area contributed by atoms with E-state index in [4.69, 9.17) is 4.74 Å². The highest BCUT2D eigenvalue weighted by molar-refractivity contribution is 5.41. The lowest BCUT2D eigenvalue weighted by atomic mass is 10.1. The smallest absolute Gasteiger partial charge is 0.133 e. The molecule has 0 aliphatic rings. The maximum atomic E-state index is 13.3. The zero-order valence-corrected chi connectivity index (χ0v) is 11.5. The van der Waals surface area contributed by atoms with Crippen LogP contribution in [0, 0.1) is 18.6 Å². The van der Waals surface area contributed by atoms with Crippen LogP contribution < -0.4 is 10.1 Å². The average molecular weight is 277 g/mol. The minimum atomic E-state index is -0.360. The molecule has 106 valence electrons. The van der Waals surface area contributed by atoms with Crippen molar-refractivity contribution in [3.8, 4) is 11.5 Å². The minimum absolute atomic E-state index is 0.318. The predicted molar refractivity (Wildman–Crippen MR) is 75.0 cm³/mol. The fourth-order valence-corrected chi connectivity index (χ4v) is 1.85. The van der Waals surface area contributed by atoms with Gasteiger partial charge < -0.3 is 10.1 Å². The van der Waals surface area contributed by atoms with Gasteiger partial charge in [0.15, 0.2) is 0 Å². The van der Waals surface area contributed by atoms with Crippen molar-refractivity contribution in [2.24, 2.45) is 0 Å². The van der Waals surface area contributed by atoms with Crippen LogP contribution in [0.2, 0.25) is 0 Å². The molecule has 2 aromatic rings. The molecule has 1 N–H and O–H groups in total. The largest absolute Gasteiger partial charge is 0.457 e. The predicted octanol–water partition coefficient (Wildman–Crippen LogP) is 4.18. The maximum Gasteiger partial charge on any atom is 0.133 e. The van der Waals surface area contributed by atoms with E-state index >= 15 is 0 Å². The summed E-state index contributed by atoms with van der Waals surface area (Å²) in [6, 6.07) is 8.68. The summed E-state index contributed by atoms with van der Waals surface area (Å²) in [5, 5.41) is 3.12. The summed E-state index contributed by atoms with van der Waals surface area (Å²) in [4.78, 5) is 0. The third kappa shape index (κ3) is 3.54. The summed E-state index contributed by atoms with van der Waals surface area (Å²) < 4.78 is 32.3. The quantitative estimate of drug-likeness (QED) is 0.885. The number of nitrogens with one attached hydrogen (secondary N) is 1. The molecule has 0 spiro atoms. The number of rotatable bonds is 5. The van der Waals surface area contributed by atoms with Crippen molar-refractivity contribution in [3.63, 3.8) is 0 Å². The van der Waals surface area contributed by atoms with E-state index < -0.39 is 0 Å². The molecule has 0 amide bonds. The summed E-state index contributed by atoms with van der Waals surface area (Å²) in [6.07, 6.45) is 0. The molecule has 0 unspecified atom stereocenters. The third-order valence-electron chi connectivity index (χ3n) is 2.96. The summed E-state index contributed by atoms with van der Waals surface area (Å²) in [5.74, 6) is 0.289. The highest BCUT2D eigenvalue weighted by Crippen LogP contribution is 2.29. The van der Waals surface area contributed by atoms with Gasteiger partial charge in [0.2, 0.25) is 0 Å². The van der Waals surface area contributed by atoms with E-state index in [9.17, 15) is 8.78 Å². The normalized spacial score (nSPS) is 10.6. The van der Waals surface area contributed by atoms with E-state index in [0.29, 0.717) is 23.6 Å². The molecule has 0 bridgehead atoms. The topological polar surface area (TPSA) is 21.3 Å². The van der Waals surface area contributed by atoms with Crippen molar-refractivity contribution >= 4 is 0 Å². The Bertz CT molecular complexity index is 599. The lowest BCUT2D eigenvalue weighted by Crippen LogP contribution is -2.12. The van der Waals surface area contributed by atoms with Gasteiger partial charge in [-0.3, -0.25) is 0 Å². The SMILES string of the molecule is CCNCc1cc(F)ccc1Oc1cc(F)ccc1C. The molecular formula is C16H17F2NO. The van der Waals surface area contributed by atoms with Gasteiger partial charge in [-0.15, -0.1) is 0 Å². The number of aryl methyl sites for hydroxylation is 1. The first kappa shape index (κ1) is 14.5. The lowest BCUT2D eigenvalue weighted by Gasteiger charge is -2.13. The monoisotopic (exact) mass is 277 g/mol. The molecular weight excluding hydrogens is 260 g/mol. The van der Waals surface area contributed by atoms with Crippen LogP contribution in [-0.2, 0) is 6.54 Å². The number of halogens is 2. The Kier molecular flexibility index (Phi) is 4.69. The second-order valence-corrected chi connectivity index (χ2v) is 4.54. The molecule has 2 nitrogen and oxygen atoms in total. The molecule has 20 heavy (non-hydrogen) atoms. The number of ether oxygens (including phenoxy) is 1. The minimum Gasteiger partial charge on any atom is -0.457 e. The Labute approximate surface area is 117 Å². The fourth-order valence-electron chi connectivity index (χ4n) is 1.85. The van der Waals surface area contributed by atoms with Crippen LogP contribution in [0.4, 0.5) is 8.78 Å². The number of hydrogen-bond donors (Lipinski definition) is 1. The van der Waals surface area contributed by atoms with Gasteiger partial charge in [-0.05, 0) is 43.3 Å². The molecule has 0 atom stereocenters. The highest BCUT2D eigenvalue weighted by atomic mass is 19.1. The zero-order valence-electron chi connectivity index (χ0n) is 11.5. The second kappa shape index (κ2) is 6.48. The Morgan fingerprint density at radius 3 is 2.45 bits per heavy atom. The highest BCUT2D eigenvalue weighted by Gasteiger charge is 2.09. The standard InChI is InChI=1S/C16H17F2NO/c1-3-19-10-12-8-13(17)6-7-15(12)20-16-9-14(18)5-4-11(16)2/h4-9,19H,3,10H2,1-2H3. The van der Waals surface area contributed by atoms with Crippen LogP contribution in [0.15, 0.2) is 36.4 Å². The van der Waals surface area contributed by atoms with Crippen molar-refractivity contribution in [1.82, 2.24) is 5.32 Å². The van der Waals surface area contributed by atoms with Gasteiger partial charge in [0.25, 0.3) is 0 Å². The van der Waals surface area contributed by atoms with Gasteiger partial charge in [-0.25, -0.2) is 8.78 Å². The van der Waals surface area contributed by atoms with E-state index in [-0.39, 0.29) is 11.6 Å². The first-order chi connectivity index (χ1) is 9.60. The van der Waals surface area contributed by atoms with Gasteiger partial charge >= 0.3 is 0 Å². The van der Waals surface area contributed by atoms with Crippen LogP contribution in [-0.4, -0.2) is 6.54 Å². The second-order valence-electron chi connectivity index (χ2n) is 4.54. The van der Waals surface area contributed by atoms with Gasteiger partial charge in [0.1, 0.15) is 23.1 Å². The van der Waals surface area contributed by atoms with Crippen molar-refractivity contribution in [2.45, 2.75) is 20.4 Å². The molecule has 2 rings (SSSR count). The van der Waals surface area contributed by atoms with Crippen molar-refractivity contribution in [3.05, 3.63) is 59.2 Å².